The molecule has 1 N–H and O–H groups in total. The third-order valence-corrected chi connectivity index (χ3v) is 8.49. The fourth-order valence-electron chi connectivity index (χ4n) is 5.07. The quantitative estimate of drug-likeness (QED) is 0.403. The fourth-order valence-corrected chi connectivity index (χ4v) is 5.92. The summed E-state index contributed by atoms with van der Waals surface area (Å²) in [5.41, 5.74) is 2.28. The molecule has 1 unspecified atom stereocenters. The third-order valence-electron chi connectivity index (χ3n) is 7.35. The van der Waals surface area contributed by atoms with E-state index in [2.05, 4.69) is 19.2 Å². The third kappa shape index (κ3) is 8.46. The van der Waals surface area contributed by atoms with E-state index in [1.165, 1.54) is 11.3 Å². The number of nitrogens with zero attached hydrogens (tertiary/aromatic N) is 2. The number of hydrogen-bond donors (Lipinski definition) is 1. The Morgan fingerprint density at radius 1 is 1.05 bits per heavy atom. The van der Waals surface area contributed by atoms with Crippen LogP contribution in [0, 0.1) is 0 Å². The largest absolute Gasteiger partial charge is 0.497 e. The first-order valence-electron chi connectivity index (χ1n) is 13.8. The summed E-state index contributed by atoms with van der Waals surface area (Å²) in [4.78, 5) is 28.9. The van der Waals surface area contributed by atoms with Gasteiger partial charge >= 0.3 is 0 Å². The zero-order valence-corrected chi connectivity index (χ0v) is 24.7. The highest BCUT2D eigenvalue weighted by molar-refractivity contribution is 7.92. The van der Waals surface area contributed by atoms with Crippen molar-refractivity contribution in [2.24, 2.45) is 0 Å². The van der Waals surface area contributed by atoms with Crippen molar-refractivity contribution in [3.8, 4) is 5.75 Å². The first kappa shape index (κ1) is 30.5. The second-order valence-corrected chi connectivity index (χ2v) is 12.6. The lowest BCUT2D eigenvalue weighted by molar-refractivity contribution is -0.140. The minimum Gasteiger partial charge on any atom is -0.497 e. The molecule has 0 aliphatic heterocycles. The van der Waals surface area contributed by atoms with Gasteiger partial charge in [0.05, 0.1) is 19.1 Å². The Labute approximate surface area is 233 Å². The molecule has 2 aromatic carbocycles. The van der Waals surface area contributed by atoms with E-state index < -0.39 is 28.5 Å². The zero-order valence-electron chi connectivity index (χ0n) is 23.9. The van der Waals surface area contributed by atoms with E-state index in [4.69, 9.17) is 4.74 Å². The molecule has 1 saturated carbocycles. The van der Waals surface area contributed by atoms with Gasteiger partial charge in [0.2, 0.25) is 21.8 Å². The lowest BCUT2D eigenvalue weighted by Crippen LogP contribution is -2.53. The minimum absolute atomic E-state index is 0.0982. The van der Waals surface area contributed by atoms with Crippen LogP contribution < -0.4 is 14.4 Å². The van der Waals surface area contributed by atoms with Crippen LogP contribution in [0.3, 0.4) is 0 Å². The number of nitrogens with one attached hydrogen (secondary N) is 1. The average molecular weight is 558 g/mol. The Morgan fingerprint density at radius 3 is 2.28 bits per heavy atom. The van der Waals surface area contributed by atoms with Crippen molar-refractivity contribution in [1.29, 1.82) is 0 Å². The summed E-state index contributed by atoms with van der Waals surface area (Å²) in [7, 11) is -2.20. The molecular formula is C30H43N3O5S. The first-order valence-corrected chi connectivity index (χ1v) is 15.7. The number of sulfonamides is 1. The molecule has 214 valence electrons. The molecular weight excluding hydrogens is 514 g/mol. The molecule has 3 rings (SSSR count). The van der Waals surface area contributed by atoms with Gasteiger partial charge in [0.25, 0.3) is 0 Å². The van der Waals surface area contributed by atoms with Crippen LogP contribution in [0.2, 0.25) is 0 Å². The fraction of sp³-hybridized carbons (Fsp3) is 0.533. The molecule has 0 saturated heterocycles. The van der Waals surface area contributed by atoms with E-state index in [1.54, 1.807) is 19.2 Å². The van der Waals surface area contributed by atoms with Gasteiger partial charge in [0, 0.05) is 12.6 Å². The number of methoxy groups -OCH3 is 1. The number of carbonyl (C=O) groups is 2. The molecule has 0 aromatic heterocycles. The predicted octanol–water partition coefficient (Wildman–Crippen LogP) is 4.84. The van der Waals surface area contributed by atoms with Crippen LogP contribution in [0.25, 0.3) is 0 Å². The van der Waals surface area contributed by atoms with Gasteiger partial charge in [-0.1, -0.05) is 64.3 Å². The number of ether oxygens (including phenoxy) is 1. The standard InChI is InChI=1S/C30H43N3O5S/c1-6-28(30(35)31-25-12-8-7-9-13-25)32(20-23-11-10-14-27(19-23)38-4)29(34)21-33(39(5,36)37)26-17-15-24(16-18-26)22(2)3/h10-11,14-19,22,25,28H,6-9,12-13,20-21H2,1-5H3,(H,31,35). The Morgan fingerprint density at radius 2 is 1.72 bits per heavy atom. The molecule has 1 aliphatic rings. The lowest BCUT2D eigenvalue weighted by Gasteiger charge is -2.34. The van der Waals surface area contributed by atoms with E-state index in [-0.39, 0.29) is 18.5 Å². The van der Waals surface area contributed by atoms with Crippen molar-refractivity contribution in [3.63, 3.8) is 0 Å². The number of hydrogen-bond acceptors (Lipinski definition) is 5. The highest BCUT2D eigenvalue weighted by atomic mass is 32.2. The number of amides is 2. The van der Waals surface area contributed by atoms with E-state index in [0.717, 1.165) is 47.4 Å². The second kappa shape index (κ2) is 13.8. The highest BCUT2D eigenvalue weighted by Crippen LogP contribution is 2.24. The van der Waals surface area contributed by atoms with Gasteiger partial charge in [-0.15, -0.1) is 0 Å². The molecule has 1 fully saturated rings. The number of carbonyl (C=O) groups excluding carboxylic acids is 2. The summed E-state index contributed by atoms with van der Waals surface area (Å²) in [5, 5.41) is 3.16. The summed E-state index contributed by atoms with van der Waals surface area (Å²) in [6, 6.07) is 13.9. The molecule has 9 heteroatoms. The molecule has 1 atom stereocenters. The maximum absolute atomic E-state index is 13.9. The molecule has 1 aliphatic carbocycles. The molecule has 0 bridgehead atoms. The maximum Gasteiger partial charge on any atom is 0.244 e. The Kier molecular flexibility index (Phi) is 10.8. The molecule has 39 heavy (non-hydrogen) atoms. The van der Waals surface area contributed by atoms with E-state index in [1.807, 2.05) is 43.3 Å². The summed E-state index contributed by atoms with van der Waals surface area (Å²) in [6.07, 6.45) is 6.68. The Balaban J connectivity index is 1.92. The maximum atomic E-state index is 13.9. The van der Waals surface area contributed by atoms with Crippen molar-refractivity contribution in [3.05, 3.63) is 59.7 Å². The number of rotatable bonds is 12. The number of benzene rings is 2. The van der Waals surface area contributed by atoms with Gasteiger partial charge in [0.15, 0.2) is 0 Å². The van der Waals surface area contributed by atoms with Crippen molar-refractivity contribution in [1.82, 2.24) is 10.2 Å². The van der Waals surface area contributed by atoms with Gasteiger partial charge in [-0.05, 0) is 60.6 Å². The van der Waals surface area contributed by atoms with Crippen molar-refractivity contribution >= 4 is 27.5 Å². The summed E-state index contributed by atoms with van der Waals surface area (Å²) >= 11 is 0. The predicted molar refractivity (Wildman–Crippen MR) is 155 cm³/mol. The summed E-state index contributed by atoms with van der Waals surface area (Å²) in [6.45, 7) is 5.74. The second-order valence-electron chi connectivity index (χ2n) is 10.7. The first-order chi connectivity index (χ1) is 18.5. The smallest absolute Gasteiger partial charge is 0.244 e. The van der Waals surface area contributed by atoms with Crippen LogP contribution in [0.15, 0.2) is 48.5 Å². The highest BCUT2D eigenvalue weighted by Gasteiger charge is 2.33. The van der Waals surface area contributed by atoms with Crippen LogP contribution in [0.4, 0.5) is 5.69 Å². The molecule has 8 nitrogen and oxygen atoms in total. The van der Waals surface area contributed by atoms with Crippen LogP contribution >= 0.6 is 0 Å². The van der Waals surface area contributed by atoms with E-state index in [9.17, 15) is 18.0 Å². The molecule has 0 radical (unpaired) electrons. The van der Waals surface area contributed by atoms with Gasteiger partial charge in [-0.25, -0.2) is 8.42 Å². The summed E-state index contributed by atoms with van der Waals surface area (Å²) in [5.74, 6) is 0.288. The van der Waals surface area contributed by atoms with Crippen LogP contribution in [0.1, 0.15) is 76.3 Å². The van der Waals surface area contributed by atoms with Crippen LogP contribution in [-0.4, -0.2) is 57.1 Å². The molecule has 0 spiro atoms. The van der Waals surface area contributed by atoms with E-state index in [0.29, 0.717) is 23.8 Å². The number of anilines is 1. The topological polar surface area (TPSA) is 96.0 Å². The van der Waals surface area contributed by atoms with Crippen LogP contribution in [0.5, 0.6) is 5.75 Å². The van der Waals surface area contributed by atoms with Gasteiger partial charge in [-0.3, -0.25) is 13.9 Å². The van der Waals surface area contributed by atoms with Crippen molar-refractivity contribution in [2.75, 3.05) is 24.2 Å². The summed E-state index contributed by atoms with van der Waals surface area (Å²) < 4.78 is 32.2. The zero-order chi connectivity index (χ0) is 28.6. The van der Waals surface area contributed by atoms with Gasteiger partial charge in [-0.2, -0.15) is 0 Å². The SMILES string of the molecule is CCC(C(=O)NC1CCCCC1)N(Cc1cccc(OC)c1)C(=O)CN(c1ccc(C(C)C)cc1)S(C)(=O)=O. The Hall–Kier alpha value is -3.07. The lowest BCUT2D eigenvalue weighted by atomic mass is 9.95. The van der Waals surface area contributed by atoms with Gasteiger partial charge < -0.3 is 15.0 Å². The average Bonchev–Trinajstić information content (AvgIpc) is 2.91. The van der Waals surface area contributed by atoms with Crippen molar-refractivity contribution < 1.29 is 22.7 Å². The normalized spacial score (nSPS) is 15.0. The monoisotopic (exact) mass is 557 g/mol. The van der Waals surface area contributed by atoms with Crippen LogP contribution in [-0.2, 0) is 26.2 Å². The van der Waals surface area contributed by atoms with Crippen molar-refractivity contribution in [2.45, 2.75) is 83.8 Å². The molecule has 2 aromatic rings. The molecule has 0 heterocycles. The molecule has 2 amide bonds. The Bertz CT molecular complexity index is 1210. The van der Waals surface area contributed by atoms with Gasteiger partial charge in [0.1, 0.15) is 18.3 Å². The minimum atomic E-state index is -3.77. The van der Waals surface area contributed by atoms with E-state index >= 15 is 0 Å².